The van der Waals surface area contributed by atoms with Crippen LogP contribution in [0.5, 0.6) is 0 Å². The molecular weight excluding hydrogens is 372 g/mol. The van der Waals surface area contributed by atoms with Crippen LogP contribution in [0.3, 0.4) is 0 Å². The fraction of sp³-hybridized carbons (Fsp3) is 0.650. The Labute approximate surface area is 170 Å². The highest BCUT2D eigenvalue weighted by Crippen LogP contribution is 2.25. The second kappa shape index (κ2) is 7.96. The highest BCUT2D eigenvalue weighted by molar-refractivity contribution is 5.74. The summed E-state index contributed by atoms with van der Waals surface area (Å²) in [5.74, 6) is 0.464. The fourth-order valence-electron chi connectivity index (χ4n) is 3.49. The summed E-state index contributed by atoms with van der Waals surface area (Å²) >= 11 is 0. The van der Waals surface area contributed by atoms with E-state index in [2.05, 4.69) is 20.3 Å². The Balaban J connectivity index is 1.99. The molecule has 0 aliphatic carbocycles. The number of carbonyl (C=O) groups excluding carboxylic acids is 1. The zero-order chi connectivity index (χ0) is 21.3. The number of nitrogens with zero attached hydrogens (tertiary/aromatic N) is 5. The van der Waals surface area contributed by atoms with Gasteiger partial charge in [-0.25, -0.2) is 14.8 Å². The monoisotopic (exact) mass is 402 g/mol. The van der Waals surface area contributed by atoms with Gasteiger partial charge in [-0.15, -0.1) is 0 Å². The maximum Gasteiger partial charge on any atom is 0.410 e. The topological polar surface area (TPSA) is 102 Å². The Morgan fingerprint density at radius 3 is 2.69 bits per heavy atom. The summed E-state index contributed by atoms with van der Waals surface area (Å²) in [4.78, 5) is 40.3. The van der Waals surface area contributed by atoms with Gasteiger partial charge in [-0.1, -0.05) is 0 Å². The van der Waals surface area contributed by atoms with Gasteiger partial charge in [0.05, 0.1) is 17.9 Å². The van der Waals surface area contributed by atoms with E-state index in [-0.39, 0.29) is 23.7 Å². The molecule has 0 aromatic carbocycles. The summed E-state index contributed by atoms with van der Waals surface area (Å²) in [5, 5.41) is 3.19. The molecule has 1 saturated heterocycles. The predicted molar refractivity (Wildman–Crippen MR) is 111 cm³/mol. The number of hydrogen-bond acceptors (Lipinski definition) is 7. The number of anilines is 1. The third kappa shape index (κ3) is 4.83. The first kappa shape index (κ1) is 21.0. The second-order valence-corrected chi connectivity index (χ2v) is 8.79. The van der Waals surface area contributed by atoms with Gasteiger partial charge >= 0.3 is 6.09 Å². The average molecular weight is 402 g/mol. The molecule has 0 saturated carbocycles. The third-order valence-electron chi connectivity index (χ3n) is 4.64. The van der Waals surface area contributed by atoms with E-state index in [1.807, 2.05) is 41.5 Å². The number of nitrogens with one attached hydrogen (secondary N) is 1. The van der Waals surface area contributed by atoms with E-state index < -0.39 is 5.60 Å². The predicted octanol–water partition coefficient (Wildman–Crippen LogP) is 2.89. The van der Waals surface area contributed by atoms with Gasteiger partial charge < -0.3 is 15.0 Å². The van der Waals surface area contributed by atoms with Crippen LogP contribution in [0.2, 0.25) is 0 Å². The first-order valence-corrected chi connectivity index (χ1v) is 10.1. The number of amides is 1. The third-order valence-corrected chi connectivity index (χ3v) is 4.64. The van der Waals surface area contributed by atoms with Crippen LogP contribution in [0.4, 0.5) is 10.7 Å². The lowest BCUT2D eigenvalue weighted by molar-refractivity contribution is 0.0172. The van der Waals surface area contributed by atoms with Crippen molar-refractivity contribution in [2.75, 3.05) is 18.4 Å². The molecule has 9 nitrogen and oxygen atoms in total. The smallest absolute Gasteiger partial charge is 0.410 e. The zero-order valence-electron chi connectivity index (χ0n) is 18.0. The molecule has 3 rings (SSSR count). The first-order chi connectivity index (χ1) is 13.5. The Hall–Kier alpha value is -2.71. The van der Waals surface area contributed by atoms with Gasteiger partial charge in [0.2, 0.25) is 5.95 Å². The Bertz CT molecular complexity index is 963. The van der Waals surface area contributed by atoms with Crippen molar-refractivity contribution in [3.8, 4) is 0 Å². The summed E-state index contributed by atoms with van der Waals surface area (Å²) in [6.45, 7) is 12.4. The molecule has 3 heterocycles. The Morgan fingerprint density at radius 1 is 1.31 bits per heavy atom. The van der Waals surface area contributed by atoms with Crippen molar-refractivity contribution in [3.05, 3.63) is 22.2 Å². The molecule has 158 valence electrons. The van der Waals surface area contributed by atoms with E-state index in [1.165, 1.54) is 6.20 Å². The van der Waals surface area contributed by atoms with Gasteiger partial charge in [0.25, 0.3) is 5.56 Å². The minimum absolute atomic E-state index is 0.154. The first-order valence-electron chi connectivity index (χ1n) is 10.1. The van der Waals surface area contributed by atoms with E-state index in [0.29, 0.717) is 35.9 Å². The standard InChI is InChI=1S/C20H30N6O3/c1-12(2)22-18-23-13(3)16-17(24-18)26(15(27)10-21-16)14-8-7-9-25(11-14)19(28)29-20(4,5)6/h10,12,14H,7-9,11H2,1-6H3,(H,22,23,24). The largest absolute Gasteiger partial charge is 0.444 e. The molecule has 9 heteroatoms. The molecule has 1 atom stereocenters. The molecule has 1 amide bonds. The SMILES string of the molecule is Cc1nc(NC(C)C)nc2c1ncc(=O)n2C1CCCN(C(=O)OC(C)(C)C)C1. The van der Waals surface area contributed by atoms with Gasteiger partial charge in [0.15, 0.2) is 5.65 Å². The molecule has 0 bridgehead atoms. The molecule has 1 unspecified atom stereocenters. The van der Waals surface area contributed by atoms with E-state index in [0.717, 1.165) is 12.8 Å². The normalized spacial score (nSPS) is 17.6. The molecule has 2 aromatic heterocycles. The summed E-state index contributed by atoms with van der Waals surface area (Å²) in [5.41, 5.74) is 0.984. The van der Waals surface area contributed by atoms with Crippen LogP contribution in [0.1, 0.15) is 59.2 Å². The van der Waals surface area contributed by atoms with E-state index >= 15 is 0 Å². The van der Waals surface area contributed by atoms with Crippen molar-refractivity contribution in [2.24, 2.45) is 0 Å². The highest BCUT2D eigenvalue weighted by atomic mass is 16.6. The van der Waals surface area contributed by atoms with Crippen LogP contribution >= 0.6 is 0 Å². The summed E-state index contributed by atoms with van der Waals surface area (Å²) < 4.78 is 7.16. The molecule has 29 heavy (non-hydrogen) atoms. The molecule has 2 aromatic rings. The highest BCUT2D eigenvalue weighted by Gasteiger charge is 2.30. The van der Waals surface area contributed by atoms with Crippen LogP contribution in [0.25, 0.3) is 11.2 Å². The van der Waals surface area contributed by atoms with Crippen molar-refractivity contribution in [2.45, 2.75) is 72.1 Å². The fourth-order valence-corrected chi connectivity index (χ4v) is 3.49. The van der Waals surface area contributed by atoms with Crippen LogP contribution in [0, 0.1) is 6.92 Å². The Morgan fingerprint density at radius 2 is 2.03 bits per heavy atom. The number of piperidine rings is 1. The Kier molecular flexibility index (Phi) is 5.77. The van der Waals surface area contributed by atoms with Gasteiger partial charge in [-0.3, -0.25) is 9.36 Å². The lowest BCUT2D eigenvalue weighted by Gasteiger charge is -2.35. The molecule has 0 radical (unpaired) electrons. The zero-order valence-corrected chi connectivity index (χ0v) is 18.0. The minimum atomic E-state index is -0.564. The molecule has 1 aliphatic heterocycles. The molecule has 1 aliphatic rings. The average Bonchev–Trinajstić information content (AvgIpc) is 2.59. The van der Waals surface area contributed by atoms with E-state index in [4.69, 9.17) is 4.74 Å². The molecular formula is C20H30N6O3. The number of likely N-dealkylation sites (tertiary alicyclic amines) is 1. The van der Waals surface area contributed by atoms with Gasteiger partial charge in [-0.2, -0.15) is 4.98 Å². The maximum absolute atomic E-state index is 12.8. The molecule has 1 fully saturated rings. The number of aromatic nitrogens is 4. The van der Waals surface area contributed by atoms with Crippen LogP contribution in [-0.2, 0) is 4.74 Å². The van der Waals surface area contributed by atoms with Crippen molar-refractivity contribution in [3.63, 3.8) is 0 Å². The van der Waals surface area contributed by atoms with Crippen LogP contribution in [-0.4, -0.2) is 55.2 Å². The van der Waals surface area contributed by atoms with Crippen molar-refractivity contribution in [1.82, 2.24) is 24.4 Å². The summed E-state index contributed by atoms with van der Waals surface area (Å²) in [6, 6.07) is -0.0449. The summed E-state index contributed by atoms with van der Waals surface area (Å²) in [7, 11) is 0. The van der Waals surface area contributed by atoms with E-state index in [1.54, 1.807) is 9.47 Å². The minimum Gasteiger partial charge on any atom is -0.444 e. The lowest BCUT2D eigenvalue weighted by atomic mass is 10.1. The number of carbonyl (C=O) groups is 1. The molecule has 0 spiro atoms. The number of aryl methyl sites for hydroxylation is 1. The van der Waals surface area contributed by atoms with Crippen molar-refractivity contribution < 1.29 is 9.53 Å². The number of rotatable bonds is 3. The van der Waals surface area contributed by atoms with Crippen LogP contribution in [0.15, 0.2) is 11.0 Å². The van der Waals surface area contributed by atoms with Crippen LogP contribution < -0.4 is 10.9 Å². The molecule has 1 N–H and O–H groups in total. The maximum atomic E-state index is 12.8. The number of fused-ring (bicyclic) bond motifs is 1. The lowest BCUT2D eigenvalue weighted by Crippen LogP contribution is -2.45. The van der Waals surface area contributed by atoms with Gasteiger partial charge in [0.1, 0.15) is 11.1 Å². The second-order valence-electron chi connectivity index (χ2n) is 8.79. The van der Waals surface area contributed by atoms with Gasteiger partial charge in [0, 0.05) is 19.1 Å². The summed E-state index contributed by atoms with van der Waals surface area (Å²) in [6.07, 6.45) is 2.50. The number of hydrogen-bond donors (Lipinski definition) is 1. The van der Waals surface area contributed by atoms with Gasteiger partial charge in [-0.05, 0) is 54.4 Å². The number of ether oxygens (including phenoxy) is 1. The van der Waals surface area contributed by atoms with E-state index in [9.17, 15) is 9.59 Å². The van der Waals surface area contributed by atoms with Crippen molar-refractivity contribution in [1.29, 1.82) is 0 Å². The van der Waals surface area contributed by atoms with Crippen molar-refractivity contribution >= 4 is 23.2 Å². The quantitative estimate of drug-likeness (QED) is 0.842.